The van der Waals surface area contributed by atoms with Crippen LogP contribution in [0.1, 0.15) is 26.3 Å². The molecule has 3 nitrogen and oxygen atoms in total. The molecule has 1 aliphatic rings. The second kappa shape index (κ2) is 4.81. The Balaban J connectivity index is 2.02. The van der Waals surface area contributed by atoms with Crippen LogP contribution in [-0.4, -0.2) is 22.9 Å². The number of fused-ring (bicyclic) bond motifs is 1. The van der Waals surface area contributed by atoms with Crippen molar-refractivity contribution in [3.8, 4) is 5.75 Å². The molecule has 1 aromatic rings. The van der Waals surface area contributed by atoms with Crippen LogP contribution < -0.4 is 10.1 Å². The number of nitrogens with one attached hydrogen (secondary N) is 1. The van der Waals surface area contributed by atoms with Crippen LogP contribution in [-0.2, 0) is 11.2 Å². The zero-order valence-corrected chi connectivity index (χ0v) is 11.6. The quantitative estimate of drug-likeness (QED) is 0.855. The number of rotatable bonds is 3. The third-order valence-corrected chi connectivity index (χ3v) is 3.92. The molecule has 4 heteroatoms. The molecule has 1 amide bonds. The molecule has 1 aromatic carbocycles. The minimum atomic E-state index is -0.448. The average Bonchev–Trinajstić information content (AvgIpc) is 2.71. The van der Waals surface area contributed by atoms with Crippen molar-refractivity contribution < 1.29 is 9.53 Å². The minimum absolute atomic E-state index is 0.108. The van der Waals surface area contributed by atoms with E-state index in [4.69, 9.17) is 16.3 Å². The summed E-state index contributed by atoms with van der Waals surface area (Å²) in [4.78, 5) is 12.1. The van der Waals surface area contributed by atoms with Gasteiger partial charge in [0.15, 0.2) is 6.10 Å². The molecule has 18 heavy (non-hydrogen) atoms. The zero-order chi connectivity index (χ0) is 13.3. The molecule has 0 saturated carbocycles. The van der Waals surface area contributed by atoms with E-state index < -0.39 is 11.6 Å². The van der Waals surface area contributed by atoms with Crippen LogP contribution in [0, 0.1) is 0 Å². The van der Waals surface area contributed by atoms with Crippen molar-refractivity contribution in [3.05, 3.63) is 29.8 Å². The van der Waals surface area contributed by atoms with E-state index in [2.05, 4.69) is 5.32 Å². The molecule has 2 rings (SSSR count). The monoisotopic (exact) mass is 267 g/mol. The summed E-state index contributed by atoms with van der Waals surface area (Å²) in [7, 11) is 0. The van der Waals surface area contributed by atoms with Gasteiger partial charge in [-0.25, -0.2) is 0 Å². The Kier molecular flexibility index (Phi) is 3.53. The lowest BCUT2D eigenvalue weighted by Crippen LogP contribution is -2.53. The highest BCUT2D eigenvalue weighted by atomic mass is 35.5. The number of amides is 1. The van der Waals surface area contributed by atoms with Gasteiger partial charge < -0.3 is 10.1 Å². The fraction of sp³-hybridized carbons (Fsp3) is 0.500. The first-order valence-corrected chi connectivity index (χ1v) is 6.54. The van der Waals surface area contributed by atoms with Gasteiger partial charge >= 0.3 is 0 Å². The van der Waals surface area contributed by atoms with Crippen LogP contribution in [0.15, 0.2) is 24.3 Å². The molecule has 0 radical (unpaired) electrons. The van der Waals surface area contributed by atoms with Crippen molar-refractivity contribution in [1.29, 1.82) is 0 Å². The van der Waals surface area contributed by atoms with Crippen LogP contribution >= 0.6 is 11.6 Å². The first-order valence-electron chi connectivity index (χ1n) is 6.11. The van der Waals surface area contributed by atoms with Gasteiger partial charge in [0.1, 0.15) is 5.75 Å². The zero-order valence-electron chi connectivity index (χ0n) is 10.9. The van der Waals surface area contributed by atoms with E-state index in [0.717, 1.165) is 11.3 Å². The topological polar surface area (TPSA) is 38.3 Å². The summed E-state index contributed by atoms with van der Waals surface area (Å²) in [5.74, 6) is 0.693. The summed E-state index contributed by atoms with van der Waals surface area (Å²) in [6, 6.07) is 7.73. The van der Waals surface area contributed by atoms with Crippen molar-refractivity contribution in [1.82, 2.24) is 5.32 Å². The highest BCUT2D eigenvalue weighted by molar-refractivity contribution is 6.21. The Bertz CT molecular complexity index is 432. The van der Waals surface area contributed by atoms with E-state index in [9.17, 15) is 4.79 Å². The largest absolute Gasteiger partial charge is 0.480 e. The summed E-state index contributed by atoms with van der Waals surface area (Å²) in [5.41, 5.74) is 0.630. The van der Waals surface area contributed by atoms with Crippen molar-refractivity contribution >= 4 is 17.5 Å². The number of carbonyl (C=O) groups is 1. The van der Waals surface area contributed by atoms with Crippen LogP contribution in [0.25, 0.3) is 0 Å². The smallest absolute Gasteiger partial charge is 0.261 e. The van der Waals surface area contributed by atoms with E-state index in [1.54, 1.807) is 0 Å². The van der Waals surface area contributed by atoms with Gasteiger partial charge in [-0.2, -0.15) is 0 Å². The van der Waals surface area contributed by atoms with Crippen molar-refractivity contribution in [2.75, 3.05) is 0 Å². The molecule has 2 unspecified atom stereocenters. The molecule has 0 spiro atoms. The Morgan fingerprint density at radius 2 is 2.17 bits per heavy atom. The van der Waals surface area contributed by atoms with Gasteiger partial charge in [-0.15, -0.1) is 11.6 Å². The van der Waals surface area contributed by atoms with Gasteiger partial charge in [0.05, 0.1) is 10.9 Å². The summed E-state index contributed by atoms with van der Waals surface area (Å²) in [6.45, 7) is 5.68. The molecule has 1 heterocycles. The predicted octanol–water partition coefficient (Wildman–Crippen LogP) is 2.51. The number of alkyl halides is 1. The maximum absolute atomic E-state index is 12.1. The van der Waals surface area contributed by atoms with Gasteiger partial charge in [-0.3, -0.25) is 4.79 Å². The maximum atomic E-state index is 12.1. The number of hydrogen-bond acceptors (Lipinski definition) is 2. The second-order valence-corrected chi connectivity index (χ2v) is 5.90. The number of carbonyl (C=O) groups excluding carboxylic acids is 1. The number of halogens is 1. The van der Waals surface area contributed by atoms with Crippen molar-refractivity contribution in [2.45, 2.75) is 44.2 Å². The average molecular weight is 268 g/mol. The normalized spacial score (nSPS) is 19.9. The highest BCUT2D eigenvalue weighted by Gasteiger charge is 2.33. The first kappa shape index (κ1) is 13.2. The Hall–Kier alpha value is -1.22. The van der Waals surface area contributed by atoms with Gasteiger partial charge in [0.2, 0.25) is 0 Å². The summed E-state index contributed by atoms with van der Waals surface area (Å²) < 4.78 is 5.64. The lowest BCUT2D eigenvalue weighted by atomic mass is 10.0. The lowest BCUT2D eigenvalue weighted by molar-refractivity contribution is -0.128. The van der Waals surface area contributed by atoms with E-state index in [1.165, 1.54) is 0 Å². The predicted molar refractivity (Wildman–Crippen MR) is 72.1 cm³/mol. The Morgan fingerprint density at radius 1 is 1.50 bits per heavy atom. The van der Waals surface area contributed by atoms with Gasteiger partial charge in [0.25, 0.3) is 5.91 Å². The Labute approximate surface area is 112 Å². The third-order valence-electron chi connectivity index (χ3n) is 3.38. The van der Waals surface area contributed by atoms with Crippen molar-refractivity contribution in [2.24, 2.45) is 0 Å². The Morgan fingerprint density at radius 3 is 2.78 bits per heavy atom. The molecule has 98 valence electrons. The summed E-state index contributed by atoms with van der Waals surface area (Å²) >= 11 is 6.05. The van der Waals surface area contributed by atoms with Crippen LogP contribution in [0.5, 0.6) is 5.75 Å². The number of ether oxygens (including phenoxy) is 1. The third kappa shape index (κ3) is 2.61. The molecule has 0 saturated heterocycles. The van der Waals surface area contributed by atoms with Crippen LogP contribution in [0.2, 0.25) is 0 Å². The number of hydrogen-bond donors (Lipinski definition) is 1. The van der Waals surface area contributed by atoms with E-state index in [1.807, 2.05) is 45.0 Å². The summed E-state index contributed by atoms with van der Waals surface area (Å²) in [6.07, 6.45) is 0.173. The van der Waals surface area contributed by atoms with Crippen LogP contribution in [0.4, 0.5) is 0 Å². The molecule has 0 aliphatic carbocycles. The molecule has 0 aromatic heterocycles. The lowest BCUT2D eigenvalue weighted by Gasteiger charge is -2.30. The van der Waals surface area contributed by atoms with Gasteiger partial charge in [0, 0.05) is 6.42 Å². The molecule has 2 atom stereocenters. The fourth-order valence-electron chi connectivity index (χ4n) is 1.83. The molecule has 0 bridgehead atoms. The second-order valence-electron chi connectivity index (χ2n) is 5.25. The molecular weight excluding hydrogens is 250 g/mol. The van der Waals surface area contributed by atoms with E-state index in [0.29, 0.717) is 6.42 Å². The van der Waals surface area contributed by atoms with Crippen molar-refractivity contribution in [3.63, 3.8) is 0 Å². The molecule has 1 aliphatic heterocycles. The van der Waals surface area contributed by atoms with E-state index in [-0.39, 0.29) is 11.3 Å². The van der Waals surface area contributed by atoms with Crippen LogP contribution in [0.3, 0.4) is 0 Å². The SMILES string of the molecule is CC(Cl)C(C)(C)NC(=O)C1Cc2ccccc2O1. The summed E-state index contributed by atoms with van der Waals surface area (Å²) in [5, 5.41) is 2.79. The highest BCUT2D eigenvalue weighted by Crippen LogP contribution is 2.28. The molecule has 0 fully saturated rings. The number of benzene rings is 1. The number of para-hydroxylation sites is 1. The molecular formula is C14H18ClNO2. The van der Waals surface area contributed by atoms with E-state index >= 15 is 0 Å². The van der Waals surface area contributed by atoms with Gasteiger partial charge in [-0.1, -0.05) is 18.2 Å². The maximum Gasteiger partial charge on any atom is 0.261 e. The fourth-order valence-corrected chi connectivity index (χ4v) is 1.88. The standard InChI is InChI=1S/C14H18ClNO2/c1-9(15)14(2,3)16-13(17)12-8-10-6-4-5-7-11(10)18-12/h4-7,9,12H,8H2,1-3H3,(H,16,17). The first-order chi connectivity index (χ1) is 8.40. The van der Waals surface area contributed by atoms with Gasteiger partial charge in [-0.05, 0) is 32.4 Å². The molecule has 1 N–H and O–H groups in total. The minimum Gasteiger partial charge on any atom is -0.480 e.